The summed E-state index contributed by atoms with van der Waals surface area (Å²) in [6.45, 7) is 0.354. The molecule has 1 N–H and O–H groups in total. The Labute approximate surface area is 138 Å². The zero-order chi connectivity index (χ0) is 17.2. The predicted octanol–water partition coefficient (Wildman–Crippen LogP) is 4.47. The van der Waals surface area contributed by atoms with Crippen molar-refractivity contribution in [3.05, 3.63) is 48.0 Å². The maximum Gasteiger partial charge on any atom is 0.408 e. The molecule has 0 aliphatic carbocycles. The number of alkyl halides is 3. The second-order valence-corrected chi connectivity index (χ2v) is 6.04. The standard InChI is InChI=1S/C18H19F3N2O/c19-18(20,21)16-10-3-4-11-23(16)17(24)22-12-14-8-5-7-13-6-1-2-9-15(13)14/h1-2,5-9,16H,3-4,10-12H2,(H,22,24). The number of rotatable bonds is 2. The summed E-state index contributed by atoms with van der Waals surface area (Å²) in [5.41, 5.74) is 0.891. The van der Waals surface area contributed by atoms with Crippen molar-refractivity contribution < 1.29 is 18.0 Å². The van der Waals surface area contributed by atoms with Crippen molar-refractivity contribution in [2.75, 3.05) is 6.54 Å². The lowest BCUT2D eigenvalue weighted by atomic mass is 10.0. The van der Waals surface area contributed by atoms with Crippen molar-refractivity contribution in [2.24, 2.45) is 0 Å². The van der Waals surface area contributed by atoms with Crippen LogP contribution < -0.4 is 5.32 Å². The minimum Gasteiger partial charge on any atom is -0.334 e. The molecule has 2 aromatic carbocycles. The maximum absolute atomic E-state index is 13.1. The van der Waals surface area contributed by atoms with E-state index in [1.807, 2.05) is 42.5 Å². The van der Waals surface area contributed by atoms with Gasteiger partial charge in [0.2, 0.25) is 0 Å². The fraction of sp³-hybridized carbons (Fsp3) is 0.389. The summed E-state index contributed by atoms with van der Waals surface area (Å²) in [6.07, 6.45) is -3.30. The molecule has 1 fully saturated rings. The fourth-order valence-electron chi connectivity index (χ4n) is 3.23. The molecule has 0 saturated carbocycles. The number of urea groups is 1. The molecule has 1 heterocycles. The molecule has 3 rings (SSSR count). The molecule has 0 spiro atoms. The number of fused-ring (bicyclic) bond motifs is 1. The lowest BCUT2D eigenvalue weighted by Crippen LogP contribution is -2.54. The highest BCUT2D eigenvalue weighted by atomic mass is 19.4. The van der Waals surface area contributed by atoms with Gasteiger partial charge in [0.1, 0.15) is 6.04 Å². The first-order chi connectivity index (χ1) is 11.5. The van der Waals surface area contributed by atoms with Gasteiger partial charge in [-0.3, -0.25) is 0 Å². The number of halogens is 3. The van der Waals surface area contributed by atoms with Gasteiger partial charge in [-0.15, -0.1) is 0 Å². The van der Waals surface area contributed by atoms with Crippen LogP contribution in [0.2, 0.25) is 0 Å². The van der Waals surface area contributed by atoms with E-state index in [1.54, 1.807) is 0 Å². The normalized spacial score (nSPS) is 18.6. The summed E-state index contributed by atoms with van der Waals surface area (Å²) in [4.78, 5) is 13.2. The van der Waals surface area contributed by atoms with E-state index < -0.39 is 18.2 Å². The molecule has 1 saturated heterocycles. The molecular weight excluding hydrogens is 317 g/mol. The van der Waals surface area contributed by atoms with E-state index in [-0.39, 0.29) is 19.5 Å². The van der Waals surface area contributed by atoms with Crippen LogP contribution in [0.3, 0.4) is 0 Å². The first-order valence-electron chi connectivity index (χ1n) is 8.04. The Bertz CT molecular complexity index is 724. The third-order valence-electron chi connectivity index (χ3n) is 4.45. The third kappa shape index (κ3) is 3.47. The van der Waals surface area contributed by atoms with E-state index in [1.165, 1.54) is 0 Å². The number of hydrogen-bond donors (Lipinski definition) is 1. The van der Waals surface area contributed by atoms with Crippen molar-refractivity contribution in [1.29, 1.82) is 0 Å². The molecule has 0 radical (unpaired) electrons. The van der Waals surface area contributed by atoms with E-state index in [0.29, 0.717) is 12.8 Å². The second kappa shape index (κ2) is 6.71. The Balaban J connectivity index is 1.72. The van der Waals surface area contributed by atoms with E-state index in [2.05, 4.69) is 5.32 Å². The topological polar surface area (TPSA) is 32.3 Å². The summed E-state index contributed by atoms with van der Waals surface area (Å²) in [5.74, 6) is 0. The maximum atomic E-state index is 13.1. The lowest BCUT2D eigenvalue weighted by molar-refractivity contribution is -0.182. The molecule has 24 heavy (non-hydrogen) atoms. The number of likely N-dealkylation sites (tertiary alicyclic amines) is 1. The summed E-state index contributed by atoms with van der Waals surface area (Å²) in [5, 5.41) is 4.68. The minimum absolute atomic E-state index is 0.0226. The van der Waals surface area contributed by atoms with E-state index in [0.717, 1.165) is 21.2 Å². The number of carbonyl (C=O) groups is 1. The number of benzene rings is 2. The Morgan fingerprint density at radius 2 is 1.88 bits per heavy atom. The summed E-state index contributed by atoms with van der Waals surface area (Å²) >= 11 is 0. The molecule has 2 amide bonds. The summed E-state index contributed by atoms with van der Waals surface area (Å²) in [6, 6.07) is 11.1. The molecule has 2 aromatic rings. The largest absolute Gasteiger partial charge is 0.408 e. The monoisotopic (exact) mass is 336 g/mol. The first kappa shape index (κ1) is 16.6. The lowest BCUT2D eigenvalue weighted by Gasteiger charge is -2.36. The van der Waals surface area contributed by atoms with Gasteiger partial charge in [-0.2, -0.15) is 13.2 Å². The number of carbonyl (C=O) groups excluding carboxylic acids is 1. The van der Waals surface area contributed by atoms with Crippen molar-refractivity contribution in [3.8, 4) is 0 Å². The third-order valence-corrected chi connectivity index (χ3v) is 4.45. The van der Waals surface area contributed by atoms with Gasteiger partial charge in [0, 0.05) is 13.1 Å². The Kier molecular flexibility index (Phi) is 4.64. The number of hydrogen-bond acceptors (Lipinski definition) is 1. The first-order valence-corrected chi connectivity index (χ1v) is 8.04. The zero-order valence-corrected chi connectivity index (χ0v) is 13.1. The van der Waals surface area contributed by atoms with Crippen LogP contribution in [-0.4, -0.2) is 29.7 Å². The smallest absolute Gasteiger partial charge is 0.334 e. The second-order valence-electron chi connectivity index (χ2n) is 6.04. The van der Waals surface area contributed by atoms with E-state index in [9.17, 15) is 18.0 Å². The summed E-state index contributed by atoms with van der Waals surface area (Å²) < 4.78 is 39.3. The van der Waals surface area contributed by atoms with Gasteiger partial charge in [-0.05, 0) is 35.6 Å². The molecule has 3 nitrogen and oxygen atoms in total. The van der Waals surface area contributed by atoms with Crippen LogP contribution in [0.25, 0.3) is 10.8 Å². The van der Waals surface area contributed by atoms with Gasteiger partial charge in [-0.1, -0.05) is 42.5 Å². The summed E-state index contributed by atoms with van der Waals surface area (Å²) in [7, 11) is 0. The number of nitrogens with one attached hydrogen (secondary N) is 1. The molecular formula is C18H19F3N2O. The van der Waals surface area contributed by atoms with Gasteiger partial charge in [0.25, 0.3) is 0 Å². The van der Waals surface area contributed by atoms with Crippen LogP contribution in [0.1, 0.15) is 24.8 Å². The molecule has 1 aliphatic heterocycles. The van der Waals surface area contributed by atoms with Crippen molar-refractivity contribution in [1.82, 2.24) is 10.2 Å². The van der Waals surface area contributed by atoms with Crippen LogP contribution >= 0.6 is 0 Å². The Morgan fingerprint density at radius 1 is 1.12 bits per heavy atom. The van der Waals surface area contributed by atoms with Gasteiger partial charge in [0.05, 0.1) is 0 Å². The van der Waals surface area contributed by atoms with Gasteiger partial charge < -0.3 is 10.2 Å². The molecule has 1 atom stereocenters. The molecule has 6 heteroatoms. The zero-order valence-electron chi connectivity index (χ0n) is 13.1. The molecule has 1 aliphatic rings. The number of piperidine rings is 1. The molecule has 0 bridgehead atoms. The van der Waals surface area contributed by atoms with E-state index >= 15 is 0 Å². The van der Waals surface area contributed by atoms with Crippen molar-refractivity contribution >= 4 is 16.8 Å². The quantitative estimate of drug-likeness (QED) is 0.862. The van der Waals surface area contributed by atoms with Gasteiger partial charge in [-0.25, -0.2) is 4.79 Å². The Morgan fingerprint density at radius 3 is 2.67 bits per heavy atom. The minimum atomic E-state index is -4.38. The van der Waals surface area contributed by atoms with Crippen molar-refractivity contribution in [2.45, 2.75) is 38.0 Å². The highest BCUT2D eigenvalue weighted by molar-refractivity contribution is 5.86. The average Bonchev–Trinajstić information content (AvgIpc) is 2.59. The Hall–Kier alpha value is -2.24. The number of amides is 2. The highest BCUT2D eigenvalue weighted by Gasteiger charge is 2.46. The van der Waals surface area contributed by atoms with Crippen LogP contribution in [-0.2, 0) is 6.54 Å². The predicted molar refractivity (Wildman–Crippen MR) is 86.6 cm³/mol. The highest BCUT2D eigenvalue weighted by Crippen LogP contribution is 2.31. The SMILES string of the molecule is O=C(NCc1cccc2ccccc12)N1CCCCC1C(F)(F)F. The van der Waals surface area contributed by atoms with Gasteiger partial charge in [0.15, 0.2) is 0 Å². The van der Waals surface area contributed by atoms with Crippen molar-refractivity contribution in [3.63, 3.8) is 0 Å². The van der Waals surface area contributed by atoms with Crippen LogP contribution in [0.5, 0.6) is 0 Å². The molecule has 128 valence electrons. The van der Waals surface area contributed by atoms with Crippen LogP contribution in [0.15, 0.2) is 42.5 Å². The fourth-order valence-corrected chi connectivity index (χ4v) is 3.23. The number of nitrogens with zero attached hydrogens (tertiary/aromatic N) is 1. The van der Waals surface area contributed by atoms with E-state index in [4.69, 9.17) is 0 Å². The van der Waals surface area contributed by atoms with Crippen LogP contribution in [0.4, 0.5) is 18.0 Å². The average molecular weight is 336 g/mol. The molecule has 0 aromatic heterocycles. The van der Waals surface area contributed by atoms with Gasteiger partial charge >= 0.3 is 12.2 Å². The van der Waals surface area contributed by atoms with Crippen LogP contribution in [0, 0.1) is 0 Å². The molecule has 1 unspecified atom stereocenters.